The first-order valence-electron chi connectivity index (χ1n) is 8.84. The Morgan fingerprint density at radius 1 is 1.04 bits per heavy atom. The Morgan fingerprint density at radius 3 is 2.18 bits per heavy atom. The molecule has 0 aliphatic rings. The summed E-state index contributed by atoms with van der Waals surface area (Å²) in [7, 11) is -3.18. The molecule has 2 rings (SSSR count). The van der Waals surface area contributed by atoms with Crippen LogP contribution in [0.2, 0.25) is 0 Å². The molecule has 9 heteroatoms. The van der Waals surface area contributed by atoms with Gasteiger partial charge in [-0.15, -0.1) is 0 Å². The number of nitrogens with zero attached hydrogens (tertiary/aromatic N) is 2. The van der Waals surface area contributed by atoms with Gasteiger partial charge in [0.25, 0.3) is 5.69 Å². The van der Waals surface area contributed by atoms with Gasteiger partial charge in [-0.05, 0) is 36.6 Å². The van der Waals surface area contributed by atoms with E-state index >= 15 is 0 Å². The highest BCUT2D eigenvalue weighted by Gasteiger charge is 2.06. The van der Waals surface area contributed by atoms with Crippen LogP contribution in [-0.4, -0.2) is 38.6 Å². The van der Waals surface area contributed by atoms with E-state index in [2.05, 4.69) is 15.6 Å². The predicted octanol–water partition coefficient (Wildman–Crippen LogP) is 2.30. The van der Waals surface area contributed by atoms with Crippen molar-refractivity contribution in [3.8, 4) is 0 Å². The van der Waals surface area contributed by atoms with Gasteiger partial charge in [0.15, 0.2) is 15.8 Å². The number of sulfone groups is 1. The lowest BCUT2D eigenvalue weighted by molar-refractivity contribution is -0.384. The second-order valence-corrected chi connectivity index (χ2v) is 8.23. The molecule has 2 N–H and O–H groups in total. The molecule has 0 amide bonds. The minimum absolute atomic E-state index is 0.0552. The summed E-state index contributed by atoms with van der Waals surface area (Å²) in [6, 6.07) is 13.1. The Morgan fingerprint density at radius 2 is 1.64 bits per heavy atom. The Hall–Kier alpha value is -2.94. The fourth-order valence-corrected chi connectivity index (χ4v) is 3.09. The summed E-state index contributed by atoms with van der Waals surface area (Å²) < 4.78 is 23.0. The standard InChI is InChI=1S/C19H24N4O4S/c1-3-20-19(22-14-16-4-8-17(9-5-16)23(24)25)21-13-12-15-6-10-18(11-7-15)28(2,26)27/h4-11H,3,12-14H2,1-2H3,(H2,20,21,22). The van der Waals surface area contributed by atoms with Crippen molar-refractivity contribution in [3.05, 3.63) is 69.8 Å². The lowest BCUT2D eigenvalue weighted by atomic mass is 10.1. The molecule has 28 heavy (non-hydrogen) atoms. The summed E-state index contributed by atoms with van der Waals surface area (Å²) in [5, 5.41) is 17.1. The van der Waals surface area contributed by atoms with E-state index in [1.54, 1.807) is 36.4 Å². The van der Waals surface area contributed by atoms with Gasteiger partial charge >= 0.3 is 0 Å². The maximum Gasteiger partial charge on any atom is 0.269 e. The van der Waals surface area contributed by atoms with Gasteiger partial charge in [-0.3, -0.25) is 10.1 Å². The monoisotopic (exact) mass is 404 g/mol. The van der Waals surface area contributed by atoms with E-state index in [0.717, 1.165) is 11.1 Å². The SMILES string of the molecule is CCNC(=NCc1ccc([N+](=O)[O-])cc1)NCCc1ccc(S(C)(=O)=O)cc1. The second-order valence-electron chi connectivity index (χ2n) is 6.21. The number of guanidine groups is 1. The van der Waals surface area contributed by atoms with Crippen molar-refractivity contribution in [1.82, 2.24) is 10.6 Å². The summed E-state index contributed by atoms with van der Waals surface area (Å²) in [6.45, 7) is 3.70. The molecule has 0 saturated carbocycles. The van der Waals surface area contributed by atoms with E-state index in [-0.39, 0.29) is 5.69 Å². The minimum atomic E-state index is -3.18. The third-order valence-corrected chi connectivity index (χ3v) is 5.10. The van der Waals surface area contributed by atoms with Crippen molar-refractivity contribution in [2.45, 2.75) is 24.8 Å². The first-order valence-corrected chi connectivity index (χ1v) is 10.7. The normalized spacial score (nSPS) is 11.9. The first kappa shape index (κ1) is 21.4. The van der Waals surface area contributed by atoms with Gasteiger partial charge in [0.1, 0.15) is 0 Å². The lowest BCUT2D eigenvalue weighted by Gasteiger charge is -2.11. The number of nitro benzene ring substituents is 1. The van der Waals surface area contributed by atoms with Gasteiger partial charge in [-0.1, -0.05) is 24.3 Å². The van der Waals surface area contributed by atoms with Crippen molar-refractivity contribution >= 4 is 21.5 Å². The van der Waals surface area contributed by atoms with E-state index in [1.807, 2.05) is 6.92 Å². The van der Waals surface area contributed by atoms with E-state index in [4.69, 9.17) is 0 Å². The van der Waals surface area contributed by atoms with Crippen LogP contribution in [0, 0.1) is 10.1 Å². The second kappa shape index (κ2) is 9.84. The van der Waals surface area contributed by atoms with Gasteiger partial charge in [-0.2, -0.15) is 0 Å². The molecule has 0 heterocycles. The zero-order chi connectivity index (χ0) is 20.6. The van der Waals surface area contributed by atoms with Crippen LogP contribution in [0.5, 0.6) is 0 Å². The molecular weight excluding hydrogens is 380 g/mol. The summed E-state index contributed by atoms with van der Waals surface area (Å²) in [5.74, 6) is 0.647. The van der Waals surface area contributed by atoms with Crippen molar-refractivity contribution in [3.63, 3.8) is 0 Å². The number of nitrogens with one attached hydrogen (secondary N) is 2. The average Bonchev–Trinajstić information content (AvgIpc) is 2.66. The van der Waals surface area contributed by atoms with Gasteiger partial charge in [-0.25, -0.2) is 13.4 Å². The van der Waals surface area contributed by atoms with E-state index in [1.165, 1.54) is 18.4 Å². The van der Waals surface area contributed by atoms with E-state index < -0.39 is 14.8 Å². The maximum atomic E-state index is 11.5. The van der Waals surface area contributed by atoms with Crippen molar-refractivity contribution in [2.24, 2.45) is 4.99 Å². The average molecular weight is 404 g/mol. The van der Waals surface area contributed by atoms with Crippen LogP contribution < -0.4 is 10.6 Å². The number of hydrogen-bond acceptors (Lipinski definition) is 5. The quantitative estimate of drug-likeness (QED) is 0.302. The van der Waals surface area contributed by atoms with E-state index in [0.29, 0.717) is 36.9 Å². The fourth-order valence-electron chi connectivity index (χ4n) is 2.46. The zero-order valence-electron chi connectivity index (χ0n) is 15.9. The van der Waals surface area contributed by atoms with Gasteiger partial charge in [0, 0.05) is 31.5 Å². The largest absolute Gasteiger partial charge is 0.357 e. The third kappa shape index (κ3) is 6.66. The number of nitro groups is 1. The smallest absolute Gasteiger partial charge is 0.269 e. The molecule has 0 aromatic heterocycles. The molecule has 2 aromatic carbocycles. The highest BCUT2D eigenvalue weighted by molar-refractivity contribution is 7.90. The van der Waals surface area contributed by atoms with Crippen LogP contribution in [0.1, 0.15) is 18.1 Å². The van der Waals surface area contributed by atoms with Crippen molar-refractivity contribution in [2.75, 3.05) is 19.3 Å². The molecule has 0 unspecified atom stereocenters. The summed E-state index contributed by atoms with van der Waals surface area (Å²) in [5.41, 5.74) is 1.95. The number of rotatable bonds is 8. The molecule has 0 aliphatic heterocycles. The zero-order valence-corrected chi connectivity index (χ0v) is 16.7. The molecule has 2 aromatic rings. The molecule has 0 bridgehead atoms. The van der Waals surface area contributed by atoms with Crippen LogP contribution in [-0.2, 0) is 22.8 Å². The van der Waals surface area contributed by atoms with Crippen LogP contribution >= 0.6 is 0 Å². The predicted molar refractivity (Wildman–Crippen MR) is 109 cm³/mol. The molecule has 150 valence electrons. The Labute approximate surface area is 164 Å². The van der Waals surface area contributed by atoms with Crippen LogP contribution in [0.3, 0.4) is 0 Å². The third-order valence-electron chi connectivity index (χ3n) is 3.97. The topological polar surface area (TPSA) is 114 Å². The molecule has 0 radical (unpaired) electrons. The van der Waals surface area contributed by atoms with E-state index in [9.17, 15) is 18.5 Å². The highest BCUT2D eigenvalue weighted by atomic mass is 32.2. The number of hydrogen-bond donors (Lipinski definition) is 2. The Balaban J connectivity index is 1.91. The lowest BCUT2D eigenvalue weighted by Crippen LogP contribution is -2.38. The Bertz CT molecular complexity index is 923. The molecule has 0 atom stereocenters. The van der Waals surface area contributed by atoms with Crippen LogP contribution in [0.15, 0.2) is 58.4 Å². The van der Waals surface area contributed by atoms with Gasteiger partial charge in [0.2, 0.25) is 0 Å². The molecule has 8 nitrogen and oxygen atoms in total. The fraction of sp³-hybridized carbons (Fsp3) is 0.316. The maximum absolute atomic E-state index is 11.5. The molecule has 0 spiro atoms. The summed E-state index contributed by atoms with van der Waals surface area (Å²) in [6.07, 6.45) is 1.90. The molecule has 0 saturated heterocycles. The first-order chi connectivity index (χ1) is 13.3. The number of benzene rings is 2. The van der Waals surface area contributed by atoms with Gasteiger partial charge < -0.3 is 10.6 Å². The number of non-ortho nitro benzene ring substituents is 1. The molecule has 0 aliphatic carbocycles. The van der Waals surface area contributed by atoms with Crippen LogP contribution in [0.25, 0.3) is 0 Å². The molecular formula is C19H24N4O4S. The van der Waals surface area contributed by atoms with Gasteiger partial charge in [0.05, 0.1) is 16.4 Å². The Kier molecular flexibility index (Phi) is 7.51. The minimum Gasteiger partial charge on any atom is -0.357 e. The van der Waals surface area contributed by atoms with Crippen LogP contribution in [0.4, 0.5) is 5.69 Å². The summed E-state index contributed by atoms with van der Waals surface area (Å²) >= 11 is 0. The summed E-state index contributed by atoms with van der Waals surface area (Å²) in [4.78, 5) is 15.1. The number of aliphatic imine (C=N–C) groups is 1. The highest BCUT2D eigenvalue weighted by Crippen LogP contribution is 2.12. The molecule has 0 fully saturated rings. The van der Waals surface area contributed by atoms with Crippen molar-refractivity contribution < 1.29 is 13.3 Å². The van der Waals surface area contributed by atoms with Crippen molar-refractivity contribution in [1.29, 1.82) is 0 Å².